The summed E-state index contributed by atoms with van der Waals surface area (Å²) in [6.07, 6.45) is 7.80. The molecule has 4 aliphatic rings. The SMILES string of the molecule is O=C1CCC(N2C(=O)c3ccc(N4CC(OCC#Cc5ccc(OC6CC(Oc7ccc(-c8ccc9c(c8)[nH]c8ccncc89)cn7)C6)cn5)C4)cc3C2=O)C(O)N1. The molecule has 7 heterocycles. The normalized spacial score (nSPS) is 21.6. The van der Waals surface area contributed by atoms with Crippen LogP contribution in [0.3, 0.4) is 0 Å². The number of aliphatic hydroxyl groups excluding tert-OH is 1. The molecule has 290 valence electrons. The Morgan fingerprint density at radius 1 is 0.793 bits per heavy atom. The fourth-order valence-corrected chi connectivity index (χ4v) is 7.97. The van der Waals surface area contributed by atoms with E-state index in [1.54, 1.807) is 24.5 Å². The highest BCUT2D eigenvalue weighted by Crippen LogP contribution is 2.34. The summed E-state index contributed by atoms with van der Waals surface area (Å²) in [7, 11) is 0. The van der Waals surface area contributed by atoms with Crippen molar-refractivity contribution in [1.82, 2.24) is 30.2 Å². The lowest BCUT2D eigenvalue weighted by Gasteiger charge is -2.40. The Bertz CT molecular complexity index is 2640. The van der Waals surface area contributed by atoms with Crippen LogP contribution in [0.1, 0.15) is 52.1 Å². The number of carbonyl (C=O) groups excluding carboxylic acids is 3. The number of anilines is 1. The minimum Gasteiger partial charge on any atom is -0.489 e. The molecular formula is C44H37N7O7. The lowest BCUT2D eigenvalue weighted by Crippen LogP contribution is -2.57. The number of imide groups is 1. The molecule has 3 fully saturated rings. The Morgan fingerprint density at radius 3 is 2.45 bits per heavy atom. The molecule has 1 aliphatic carbocycles. The lowest BCUT2D eigenvalue weighted by molar-refractivity contribution is -0.129. The van der Waals surface area contributed by atoms with Crippen LogP contribution in [0.2, 0.25) is 0 Å². The van der Waals surface area contributed by atoms with Crippen molar-refractivity contribution in [3.05, 3.63) is 108 Å². The third kappa shape index (κ3) is 6.74. The van der Waals surface area contributed by atoms with Gasteiger partial charge in [0.05, 0.1) is 29.5 Å². The number of ether oxygens (including phenoxy) is 3. The van der Waals surface area contributed by atoms with E-state index in [0.717, 1.165) is 56.4 Å². The van der Waals surface area contributed by atoms with Gasteiger partial charge in [0.15, 0.2) is 0 Å². The van der Waals surface area contributed by atoms with Gasteiger partial charge in [0.1, 0.15) is 36.5 Å². The second kappa shape index (κ2) is 14.6. The van der Waals surface area contributed by atoms with Crippen LogP contribution >= 0.6 is 0 Å². The fourth-order valence-electron chi connectivity index (χ4n) is 7.97. The molecule has 14 nitrogen and oxygen atoms in total. The van der Waals surface area contributed by atoms with Crippen LogP contribution < -0.4 is 19.7 Å². The maximum absolute atomic E-state index is 13.2. The fraction of sp³-hybridized carbons (Fsp3) is 0.273. The second-order valence-corrected chi connectivity index (χ2v) is 15.0. The molecule has 3 N–H and O–H groups in total. The molecule has 3 amide bonds. The van der Waals surface area contributed by atoms with Gasteiger partial charge in [-0.05, 0) is 66.4 Å². The Kier molecular flexibility index (Phi) is 8.96. The average molecular weight is 776 g/mol. The van der Waals surface area contributed by atoms with Gasteiger partial charge in [0, 0.05) is 90.1 Å². The molecule has 6 aromatic rings. The number of hydrogen-bond donors (Lipinski definition) is 3. The van der Waals surface area contributed by atoms with Crippen molar-refractivity contribution in [3.63, 3.8) is 0 Å². The molecule has 2 atom stereocenters. The van der Waals surface area contributed by atoms with Crippen LogP contribution in [-0.4, -0.2) is 97.9 Å². The van der Waals surface area contributed by atoms with Gasteiger partial charge in [0.25, 0.3) is 11.8 Å². The molecule has 14 heteroatoms. The topological polar surface area (TPSA) is 172 Å². The number of fused-ring (bicyclic) bond motifs is 4. The summed E-state index contributed by atoms with van der Waals surface area (Å²) in [6, 6.07) is 20.3. The zero-order valence-corrected chi connectivity index (χ0v) is 31.1. The van der Waals surface area contributed by atoms with Crippen molar-refractivity contribution < 1.29 is 33.7 Å². The van der Waals surface area contributed by atoms with Crippen LogP contribution in [0, 0.1) is 11.8 Å². The Hall–Kier alpha value is -6.82. The molecule has 0 spiro atoms. The molecule has 0 bridgehead atoms. The number of amides is 3. The first-order valence-corrected chi connectivity index (χ1v) is 19.3. The summed E-state index contributed by atoms with van der Waals surface area (Å²) in [4.78, 5) is 57.7. The first kappa shape index (κ1) is 35.6. The van der Waals surface area contributed by atoms with Gasteiger partial charge in [-0.2, -0.15) is 0 Å². The number of nitrogens with one attached hydrogen (secondary N) is 2. The van der Waals surface area contributed by atoms with E-state index >= 15 is 0 Å². The first-order chi connectivity index (χ1) is 28.3. The highest BCUT2D eigenvalue weighted by molar-refractivity contribution is 6.22. The summed E-state index contributed by atoms with van der Waals surface area (Å²) in [5, 5.41) is 15.0. The molecule has 1 saturated carbocycles. The molecule has 0 radical (unpaired) electrons. The van der Waals surface area contributed by atoms with Crippen molar-refractivity contribution >= 4 is 45.2 Å². The highest BCUT2D eigenvalue weighted by atomic mass is 16.5. The smallest absolute Gasteiger partial charge is 0.262 e. The van der Waals surface area contributed by atoms with E-state index in [-0.39, 0.29) is 43.7 Å². The Morgan fingerprint density at radius 2 is 1.64 bits per heavy atom. The van der Waals surface area contributed by atoms with Crippen molar-refractivity contribution in [3.8, 4) is 34.6 Å². The van der Waals surface area contributed by atoms with Gasteiger partial charge in [-0.15, -0.1) is 0 Å². The van der Waals surface area contributed by atoms with Crippen LogP contribution in [0.25, 0.3) is 32.9 Å². The molecule has 4 aromatic heterocycles. The van der Waals surface area contributed by atoms with Crippen LogP contribution in [0.4, 0.5) is 5.69 Å². The molecule has 3 aliphatic heterocycles. The van der Waals surface area contributed by atoms with Crippen molar-refractivity contribution in [2.75, 3.05) is 24.6 Å². The largest absolute Gasteiger partial charge is 0.489 e. The number of piperidine rings is 1. The minimum atomic E-state index is -1.29. The van der Waals surface area contributed by atoms with E-state index in [9.17, 15) is 19.5 Å². The van der Waals surface area contributed by atoms with E-state index in [1.165, 1.54) is 0 Å². The standard InChI is InChI=1S/C44H37N7O7/c52-40-11-10-39(42(53)49-40)51-43(54)34-9-6-28(17-35(34)44(51)55)50-23-32(24-50)56-15-1-2-27-5-7-29(21-46-27)57-30-18-31(19-30)58-41-12-4-26(20-47-41)25-3-8-33-36-22-45-14-13-37(36)48-38(33)16-25/h3-9,12-14,16-17,20-22,30-32,39,42,48,53H,10-11,15,18-19,23-24H2,(H,49,52). The third-order valence-corrected chi connectivity index (χ3v) is 11.2. The molecule has 2 unspecified atom stereocenters. The van der Waals surface area contributed by atoms with Crippen LogP contribution in [0.15, 0.2) is 91.5 Å². The Labute approximate surface area is 332 Å². The van der Waals surface area contributed by atoms with E-state index in [1.807, 2.05) is 48.8 Å². The number of nitrogens with zero attached hydrogens (tertiary/aromatic N) is 5. The van der Waals surface area contributed by atoms with Gasteiger partial charge >= 0.3 is 0 Å². The number of carbonyl (C=O) groups is 3. The highest BCUT2D eigenvalue weighted by Gasteiger charge is 2.45. The number of rotatable bonds is 9. The molecule has 10 rings (SSSR count). The number of aliphatic hydroxyl groups is 1. The average Bonchev–Trinajstić information content (AvgIpc) is 3.70. The van der Waals surface area contributed by atoms with Gasteiger partial charge in [0.2, 0.25) is 11.8 Å². The number of pyridine rings is 3. The van der Waals surface area contributed by atoms with E-state index in [2.05, 4.69) is 60.2 Å². The number of aromatic nitrogens is 4. The van der Waals surface area contributed by atoms with Gasteiger partial charge in [-0.3, -0.25) is 24.3 Å². The monoisotopic (exact) mass is 775 g/mol. The molecular weight excluding hydrogens is 739 g/mol. The van der Waals surface area contributed by atoms with Gasteiger partial charge in [-0.1, -0.05) is 18.1 Å². The lowest BCUT2D eigenvalue weighted by atomic mass is 9.92. The van der Waals surface area contributed by atoms with Crippen molar-refractivity contribution in [2.24, 2.45) is 0 Å². The minimum absolute atomic E-state index is 0.0306. The van der Waals surface area contributed by atoms with Gasteiger partial charge < -0.3 is 34.5 Å². The second-order valence-electron chi connectivity index (χ2n) is 15.0. The van der Waals surface area contributed by atoms with E-state index < -0.39 is 24.1 Å². The zero-order valence-electron chi connectivity index (χ0n) is 31.1. The predicted octanol–water partition coefficient (Wildman–Crippen LogP) is 4.61. The Balaban J connectivity index is 0.649. The first-order valence-electron chi connectivity index (χ1n) is 19.3. The number of benzene rings is 2. The van der Waals surface area contributed by atoms with Gasteiger partial charge in [-0.25, -0.2) is 9.97 Å². The summed E-state index contributed by atoms with van der Waals surface area (Å²) >= 11 is 0. The van der Waals surface area contributed by atoms with E-state index in [4.69, 9.17) is 14.2 Å². The molecule has 2 saturated heterocycles. The maximum Gasteiger partial charge on any atom is 0.262 e. The summed E-state index contributed by atoms with van der Waals surface area (Å²) in [5.74, 6) is 6.09. The van der Waals surface area contributed by atoms with Crippen molar-refractivity contribution in [2.45, 2.75) is 56.3 Å². The zero-order chi connectivity index (χ0) is 39.3. The summed E-state index contributed by atoms with van der Waals surface area (Å²) < 4.78 is 18.1. The van der Waals surface area contributed by atoms with E-state index in [0.29, 0.717) is 41.5 Å². The summed E-state index contributed by atoms with van der Waals surface area (Å²) in [6.45, 7) is 1.47. The summed E-state index contributed by atoms with van der Waals surface area (Å²) in [5.41, 5.74) is 6.22. The van der Waals surface area contributed by atoms with Crippen LogP contribution in [0.5, 0.6) is 11.6 Å². The predicted molar refractivity (Wildman–Crippen MR) is 212 cm³/mol. The maximum atomic E-state index is 13.2. The molecule has 2 aromatic carbocycles. The van der Waals surface area contributed by atoms with Crippen molar-refractivity contribution in [1.29, 1.82) is 0 Å². The quantitative estimate of drug-likeness (QED) is 0.138. The number of hydrogen-bond acceptors (Lipinski definition) is 11. The van der Waals surface area contributed by atoms with Crippen LogP contribution in [-0.2, 0) is 9.53 Å². The third-order valence-electron chi connectivity index (χ3n) is 11.2. The number of aromatic amines is 1. The number of H-pyrrole nitrogens is 1. The molecule has 58 heavy (non-hydrogen) atoms.